The summed E-state index contributed by atoms with van der Waals surface area (Å²) in [6.45, 7) is 9.03. The molecule has 2 aliphatic rings. The maximum atomic E-state index is 13.8. The summed E-state index contributed by atoms with van der Waals surface area (Å²) in [7, 11) is 0. The molecule has 0 bridgehead atoms. The molecular formula is C28H38N4O4S. The normalized spacial score (nSPS) is 22.6. The largest absolute Gasteiger partial charge is 0.391 e. The minimum Gasteiger partial charge on any atom is -0.391 e. The van der Waals surface area contributed by atoms with Crippen LogP contribution in [-0.2, 0) is 20.9 Å². The van der Waals surface area contributed by atoms with Crippen molar-refractivity contribution in [3.8, 4) is 10.4 Å². The zero-order valence-electron chi connectivity index (χ0n) is 22.1. The Hall–Kier alpha value is -2.78. The fourth-order valence-corrected chi connectivity index (χ4v) is 6.23. The number of likely N-dealkylation sites (tertiary alicyclic amines) is 2. The van der Waals surface area contributed by atoms with Gasteiger partial charge in [0, 0.05) is 32.0 Å². The highest BCUT2D eigenvalue weighted by Crippen LogP contribution is 2.30. The first kappa shape index (κ1) is 27.3. The fourth-order valence-electron chi connectivity index (χ4n) is 5.42. The molecule has 4 atom stereocenters. The van der Waals surface area contributed by atoms with E-state index in [1.807, 2.05) is 57.5 Å². The zero-order chi connectivity index (χ0) is 26.7. The number of amides is 3. The minimum atomic E-state index is -0.765. The smallest absolute Gasteiger partial charge is 0.246 e. The molecule has 1 aromatic carbocycles. The van der Waals surface area contributed by atoms with Crippen LogP contribution >= 0.6 is 11.3 Å². The second-order valence-corrected chi connectivity index (χ2v) is 11.5. The van der Waals surface area contributed by atoms with Crippen LogP contribution in [0.2, 0.25) is 0 Å². The molecule has 2 aliphatic heterocycles. The Morgan fingerprint density at radius 3 is 2.57 bits per heavy atom. The van der Waals surface area contributed by atoms with Crippen LogP contribution in [0.15, 0.2) is 29.8 Å². The predicted molar refractivity (Wildman–Crippen MR) is 144 cm³/mol. The van der Waals surface area contributed by atoms with Crippen molar-refractivity contribution in [3.05, 3.63) is 41.0 Å². The van der Waals surface area contributed by atoms with E-state index in [4.69, 9.17) is 0 Å². The first-order chi connectivity index (χ1) is 17.7. The number of nitrogens with one attached hydrogen (secondary N) is 1. The van der Waals surface area contributed by atoms with Crippen molar-refractivity contribution in [2.75, 3.05) is 13.1 Å². The standard InChI is InChI=1S/C28H38N4O4S/c1-5-20-10-11-31(27(20)35)24(12-17(2)3)28(36)32-15-22(33)13-23(32)26(34)29-14-19-6-8-21(9-7-19)25-18(4)30-16-37-25/h6-9,16-17,20,22-24,33H,5,10-15H2,1-4H3,(H,29,34). The molecule has 0 saturated carbocycles. The average molecular weight is 527 g/mol. The Kier molecular flexibility index (Phi) is 8.64. The van der Waals surface area contributed by atoms with Gasteiger partial charge in [0.15, 0.2) is 0 Å². The number of carbonyl (C=O) groups is 3. The third-order valence-corrected chi connectivity index (χ3v) is 8.47. The van der Waals surface area contributed by atoms with E-state index >= 15 is 0 Å². The van der Waals surface area contributed by atoms with E-state index in [2.05, 4.69) is 10.3 Å². The van der Waals surface area contributed by atoms with Crippen LogP contribution in [0.5, 0.6) is 0 Å². The number of aryl methyl sites for hydroxylation is 1. The molecule has 4 unspecified atom stereocenters. The molecule has 9 heteroatoms. The molecule has 0 radical (unpaired) electrons. The van der Waals surface area contributed by atoms with Crippen molar-refractivity contribution < 1.29 is 19.5 Å². The number of aliphatic hydroxyl groups excluding tert-OH is 1. The maximum Gasteiger partial charge on any atom is 0.246 e. The molecule has 2 N–H and O–H groups in total. The summed E-state index contributed by atoms with van der Waals surface area (Å²) in [5.41, 5.74) is 4.85. The van der Waals surface area contributed by atoms with Crippen LogP contribution in [0.1, 0.15) is 57.7 Å². The summed E-state index contributed by atoms with van der Waals surface area (Å²) in [5.74, 6) is -0.329. The summed E-state index contributed by atoms with van der Waals surface area (Å²) in [6.07, 6.45) is 1.48. The third-order valence-electron chi connectivity index (χ3n) is 7.49. The molecular weight excluding hydrogens is 488 g/mol. The van der Waals surface area contributed by atoms with Crippen molar-refractivity contribution in [1.29, 1.82) is 0 Å². The molecule has 0 aliphatic carbocycles. The van der Waals surface area contributed by atoms with Crippen molar-refractivity contribution in [2.24, 2.45) is 11.8 Å². The zero-order valence-corrected chi connectivity index (χ0v) is 23.0. The maximum absolute atomic E-state index is 13.8. The Labute approximate surface area is 223 Å². The van der Waals surface area contributed by atoms with E-state index in [9.17, 15) is 19.5 Å². The van der Waals surface area contributed by atoms with Crippen molar-refractivity contribution in [3.63, 3.8) is 0 Å². The van der Waals surface area contributed by atoms with Crippen molar-refractivity contribution in [2.45, 2.75) is 78.1 Å². The number of rotatable bonds is 9. The number of hydrogen-bond acceptors (Lipinski definition) is 6. The van der Waals surface area contributed by atoms with Crippen LogP contribution in [0, 0.1) is 18.8 Å². The van der Waals surface area contributed by atoms with E-state index in [1.54, 1.807) is 16.2 Å². The van der Waals surface area contributed by atoms with Crippen LogP contribution in [-0.4, -0.2) is 68.9 Å². The van der Waals surface area contributed by atoms with Crippen LogP contribution in [0.3, 0.4) is 0 Å². The molecule has 0 spiro atoms. The predicted octanol–water partition coefficient (Wildman–Crippen LogP) is 3.37. The van der Waals surface area contributed by atoms with Gasteiger partial charge in [-0.15, -0.1) is 11.3 Å². The van der Waals surface area contributed by atoms with Gasteiger partial charge >= 0.3 is 0 Å². The van der Waals surface area contributed by atoms with E-state index < -0.39 is 18.2 Å². The highest BCUT2D eigenvalue weighted by atomic mass is 32.1. The summed E-state index contributed by atoms with van der Waals surface area (Å²) < 4.78 is 0. The van der Waals surface area contributed by atoms with Gasteiger partial charge in [0.25, 0.3) is 0 Å². The van der Waals surface area contributed by atoms with Gasteiger partial charge in [-0.05, 0) is 43.2 Å². The molecule has 3 heterocycles. The van der Waals surface area contributed by atoms with Gasteiger partial charge in [0.1, 0.15) is 12.1 Å². The van der Waals surface area contributed by atoms with Gasteiger partial charge in [0.05, 0.1) is 22.2 Å². The third kappa shape index (κ3) is 6.04. The number of aliphatic hydroxyl groups is 1. The van der Waals surface area contributed by atoms with Crippen molar-refractivity contribution >= 4 is 29.1 Å². The lowest BCUT2D eigenvalue weighted by Gasteiger charge is -2.34. The molecule has 200 valence electrons. The van der Waals surface area contributed by atoms with Gasteiger partial charge in [-0.25, -0.2) is 4.98 Å². The second kappa shape index (κ2) is 11.7. The summed E-state index contributed by atoms with van der Waals surface area (Å²) >= 11 is 1.60. The topological polar surface area (TPSA) is 103 Å². The highest BCUT2D eigenvalue weighted by Gasteiger charge is 2.45. The highest BCUT2D eigenvalue weighted by molar-refractivity contribution is 7.13. The molecule has 2 aromatic rings. The molecule has 8 nitrogen and oxygen atoms in total. The molecule has 3 amide bonds. The molecule has 37 heavy (non-hydrogen) atoms. The van der Waals surface area contributed by atoms with E-state index in [1.165, 1.54) is 4.90 Å². The number of nitrogens with zero attached hydrogens (tertiary/aromatic N) is 3. The first-order valence-electron chi connectivity index (χ1n) is 13.3. The lowest BCUT2D eigenvalue weighted by atomic mass is 10.00. The SMILES string of the molecule is CCC1CCN(C(CC(C)C)C(=O)N2CC(O)CC2C(=O)NCc2ccc(-c3scnc3C)cc2)C1=O. The number of carbonyl (C=O) groups excluding carboxylic acids is 3. The van der Waals surface area contributed by atoms with Crippen LogP contribution < -0.4 is 5.32 Å². The summed E-state index contributed by atoms with van der Waals surface area (Å²) in [6, 6.07) is 6.63. The van der Waals surface area contributed by atoms with Crippen molar-refractivity contribution in [1.82, 2.24) is 20.1 Å². The molecule has 1 aromatic heterocycles. The Morgan fingerprint density at radius 2 is 1.97 bits per heavy atom. The second-order valence-electron chi connectivity index (χ2n) is 10.6. The molecule has 2 saturated heterocycles. The van der Waals surface area contributed by atoms with E-state index in [-0.39, 0.29) is 42.5 Å². The van der Waals surface area contributed by atoms with Crippen LogP contribution in [0.4, 0.5) is 0 Å². The van der Waals surface area contributed by atoms with Gasteiger partial charge in [-0.2, -0.15) is 0 Å². The number of β-amino-alcohol motifs (C(OH)–C–C–N with tert-alkyl or cyclic N) is 1. The Bertz CT molecular complexity index is 1120. The molecule has 4 rings (SSSR count). The lowest BCUT2D eigenvalue weighted by Crippen LogP contribution is -2.54. The Morgan fingerprint density at radius 1 is 1.24 bits per heavy atom. The quantitative estimate of drug-likeness (QED) is 0.522. The number of aromatic nitrogens is 1. The lowest BCUT2D eigenvalue weighted by molar-refractivity contribution is -0.148. The van der Waals surface area contributed by atoms with E-state index in [0.29, 0.717) is 19.5 Å². The van der Waals surface area contributed by atoms with Gasteiger partial charge < -0.3 is 20.2 Å². The number of thiazole rings is 1. The summed E-state index contributed by atoms with van der Waals surface area (Å²) in [4.78, 5) is 48.6. The monoisotopic (exact) mass is 526 g/mol. The molecule has 2 fully saturated rings. The first-order valence-corrected chi connectivity index (χ1v) is 14.1. The Balaban J connectivity index is 1.43. The van der Waals surface area contributed by atoms with Gasteiger partial charge in [0.2, 0.25) is 17.7 Å². The minimum absolute atomic E-state index is 0.0271. The van der Waals surface area contributed by atoms with Crippen LogP contribution in [0.25, 0.3) is 10.4 Å². The number of hydrogen-bond donors (Lipinski definition) is 2. The fraction of sp³-hybridized carbons (Fsp3) is 0.571. The van der Waals surface area contributed by atoms with Gasteiger partial charge in [-0.3, -0.25) is 14.4 Å². The van der Waals surface area contributed by atoms with E-state index in [0.717, 1.165) is 34.5 Å². The van der Waals surface area contributed by atoms with Gasteiger partial charge in [-0.1, -0.05) is 45.0 Å². The summed E-state index contributed by atoms with van der Waals surface area (Å²) in [5, 5.41) is 13.4. The number of benzene rings is 1. The average Bonchev–Trinajstić information content (AvgIpc) is 3.58.